The summed E-state index contributed by atoms with van der Waals surface area (Å²) < 4.78 is 18.7. The molecule has 1 aliphatic heterocycles. The Bertz CT molecular complexity index is 549. The Balaban J connectivity index is 1.74. The van der Waals surface area contributed by atoms with E-state index in [1.165, 1.54) is 12.1 Å². The molecule has 5 nitrogen and oxygen atoms in total. The molecule has 0 spiro atoms. The number of aliphatic carboxylic acids is 1. The van der Waals surface area contributed by atoms with Crippen molar-refractivity contribution in [1.29, 1.82) is 0 Å². The molecule has 1 atom stereocenters. The van der Waals surface area contributed by atoms with Crippen LogP contribution in [0, 0.1) is 11.7 Å². The molecule has 1 amide bonds. The second-order valence-corrected chi connectivity index (χ2v) is 5.81. The summed E-state index contributed by atoms with van der Waals surface area (Å²) in [6.07, 6.45) is 2.79. The number of carboxylic acids is 1. The predicted molar refractivity (Wildman–Crippen MR) is 82.7 cm³/mol. The van der Waals surface area contributed by atoms with E-state index in [2.05, 4.69) is 0 Å². The SMILES string of the molecule is O=C(O)CC[C@H]1CCCN(C(=O)CCOc2ccccc2F)C1. The van der Waals surface area contributed by atoms with E-state index in [0.29, 0.717) is 19.5 Å². The lowest BCUT2D eigenvalue weighted by molar-refractivity contribution is -0.137. The van der Waals surface area contributed by atoms with E-state index in [9.17, 15) is 14.0 Å². The number of piperidine rings is 1. The molecule has 23 heavy (non-hydrogen) atoms. The van der Waals surface area contributed by atoms with Gasteiger partial charge in [-0.3, -0.25) is 9.59 Å². The summed E-state index contributed by atoms with van der Waals surface area (Å²) in [5.74, 6) is -0.866. The first-order valence-electron chi connectivity index (χ1n) is 7.93. The molecule has 1 aliphatic rings. The maximum atomic E-state index is 13.4. The van der Waals surface area contributed by atoms with Gasteiger partial charge >= 0.3 is 5.97 Å². The minimum Gasteiger partial charge on any atom is -0.490 e. The van der Waals surface area contributed by atoms with Crippen molar-refractivity contribution in [3.05, 3.63) is 30.1 Å². The molecule has 6 heteroatoms. The zero-order chi connectivity index (χ0) is 16.7. The van der Waals surface area contributed by atoms with Crippen molar-refractivity contribution in [3.63, 3.8) is 0 Å². The molecule has 126 valence electrons. The number of nitrogens with zero attached hydrogens (tertiary/aromatic N) is 1. The fourth-order valence-electron chi connectivity index (χ4n) is 2.82. The molecule has 0 saturated carbocycles. The highest BCUT2D eigenvalue weighted by molar-refractivity contribution is 5.76. The fourth-order valence-corrected chi connectivity index (χ4v) is 2.82. The van der Waals surface area contributed by atoms with Crippen molar-refractivity contribution in [2.24, 2.45) is 5.92 Å². The maximum Gasteiger partial charge on any atom is 0.303 e. The maximum absolute atomic E-state index is 13.4. The Labute approximate surface area is 135 Å². The zero-order valence-electron chi connectivity index (χ0n) is 13.0. The molecule has 2 rings (SSSR count). The number of carbonyl (C=O) groups is 2. The van der Waals surface area contributed by atoms with Crippen LogP contribution in [0.3, 0.4) is 0 Å². The third-order valence-corrected chi connectivity index (χ3v) is 4.05. The van der Waals surface area contributed by atoms with E-state index in [4.69, 9.17) is 9.84 Å². The van der Waals surface area contributed by atoms with Crippen molar-refractivity contribution in [1.82, 2.24) is 4.90 Å². The van der Waals surface area contributed by atoms with Crippen molar-refractivity contribution < 1.29 is 23.8 Å². The first-order valence-corrected chi connectivity index (χ1v) is 7.93. The summed E-state index contributed by atoms with van der Waals surface area (Å²) in [6.45, 7) is 1.43. The van der Waals surface area contributed by atoms with Gasteiger partial charge in [-0.2, -0.15) is 0 Å². The summed E-state index contributed by atoms with van der Waals surface area (Å²) in [5.41, 5.74) is 0. The number of ether oxygens (including phenoxy) is 1. The fraction of sp³-hybridized carbons (Fsp3) is 0.529. The van der Waals surface area contributed by atoms with Gasteiger partial charge in [-0.25, -0.2) is 4.39 Å². The lowest BCUT2D eigenvalue weighted by Gasteiger charge is -2.32. The molecular formula is C17H22FNO4. The van der Waals surface area contributed by atoms with Crippen LogP contribution < -0.4 is 4.74 Å². The normalized spacial score (nSPS) is 17.8. The van der Waals surface area contributed by atoms with E-state index < -0.39 is 11.8 Å². The Kier molecular flexibility index (Phi) is 6.38. The number of halogens is 1. The van der Waals surface area contributed by atoms with Crippen LogP contribution in [0.2, 0.25) is 0 Å². The van der Waals surface area contributed by atoms with Gasteiger partial charge in [0.2, 0.25) is 5.91 Å². The van der Waals surface area contributed by atoms with Crippen molar-refractivity contribution in [2.45, 2.75) is 32.1 Å². The number of likely N-dealkylation sites (tertiary alicyclic amines) is 1. The van der Waals surface area contributed by atoms with Gasteiger partial charge in [-0.15, -0.1) is 0 Å². The predicted octanol–water partition coefficient (Wildman–Crippen LogP) is 2.70. The summed E-state index contributed by atoms with van der Waals surface area (Å²) in [7, 11) is 0. The van der Waals surface area contributed by atoms with Crippen LogP contribution in [0.4, 0.5) is 4.39 Å². The number of para-hydroxylation sites is 1. The van der Waals surface area contributed by atoms with Gasteiger partial charge in [0.25, 0.3) is 0 Å². The molecule has 0 aromatic heterocycles. The Morgan fingerprint density at radius 2 is 2.09 bits per heavy atom. The third kappa shape index (κ3) is 5.54. The first-order chi connectivity index (χ1) is 11.1. The summed E-state index contributed by atoms with van der Waals surface area (Å²) in [6, 6.07) is 6.10. The van der Waals surface area contributed by atoms with Gasteiger partial charge < -0.3 is 14.7 Å². The van der Waals surface area contributed by atoms with E-state index in [-0.39, 0.29) is 37.0 Å². The largest absolute Gasteiger partial charge is 0.490 e. The van der Waals surface area contributed by atoms with E-state index in [0.717, 1.165) is 12.8 Å². The average molecular weight is 323 g/mol. The smallest absolute Gasteiger partial charge is 0.303 e. The monoisotopic (exact) mass is 323 g/mol. The van der Waals surface area contributed by atoms with Crippen LogP contribution in [0.1, 0.15) is 32.1 Å². The van der Waals surface area contributed by atoms with E-state index in [1.807, 2.05) is 0 Å². The molecule has 0 radical (unpaired) electrons. The Morgan fingerprint density at radius 3 is 2.83 bits per heavy atom. The molecule has 1 aromatic rings. The van der Waals surface area contributed by atoms with Crippen LogP contribution in [0.15, 0.2) is 24.3 Å². The molecule has 0 aliphatic carbocycles. The quantitative estimate of drug-likeness (QED) is 0.838. The van der Waals surface area contributed by atoms with E-state index >= 15 is 0 Å². The molecular weight excluding hydrogens is 301 g/mol. The van der Waals surface area contributed by atoms with E-state index in [1.54, 1.807) is 17.0 Å². The highest BCUT2D eigenvalue weighted by Crippen LogP contribution is 2.22. The highest BCUT2D eigenvalue weighted by atomic mass is 19.1. The zero-order valence-corrected chi connectivity index (χ0v) is 13.0. The second-order valence-electron chi connectivity index (χ2n) is 5.81. The first kappa shape index (κ1) is 17.2. The number of hydrogen-bond acceptors (Lipinski definition) is 3. The molecule has 1 saturated heterocycles. The molecule has 1 fully saturated rings. The second kappa shape index (κ2) is 8.50. The van der Waals surface area contributed by atoms with Crippen molar-refractivity contribution >= 4 is 11.9 Å². The number of benzene rings is 1. The molecule has 1 N–H and O–H groups in total. The van der Waals surface area contributed by atoms with Crippen LogP contribution in [0.5, 0.6) is 5.75 Å². The Morgan fingerprint density at radius 1 is 1.30 bits per heavy atom. The van der Waals surface area contributed by atoms with Gasteiger partial charge in [-0.1, -0.05) is 12.1 Å². The number of carbonyl (C=O) groups excluding carboxylic acids is 1. The molecule has 1 heterocycles. The molecule has 0 unspecified atom stereocenters. The topological polar surface area (TPSA) is 66.8 Å². The minimum absolute atomic E-state index is 0.0265. The van der Waals surface area contributed by atoms with Crippen LogP contribution in [-0.2, 0) is 9.59 Å². The van der Waals surface area contributed by atoms with Gasteiger partial charge in [0.05, 0.1) is 13.0 Å². The van der Waals surface area contributed by atoms with Gasteiger partial charge in [0.1, 0.15) is 0 Å². The number of amides is 1. The van der Waals surface area contributed by atoms with Gasteiger partial charge in [0.15, 0.2) is 11.6 Å². The number of rotatable bonds is 7. The summed E-state index contributed by atoms with van der Waals surface area (Å²) >= 11 is 0. The van der Waals surface area contributed by atoms with Crippen molar-refractivity contribution in [2.75, 3.05) is 19.7 Å². The number of carboxylic acid groups (broad SMARTS) is 1. The molecule has 1 aromatic carbocycles. The van der Waals surface area contributed by atoms with Crippen LogP contribution >= 0.6 is 0 Å². The van der Waals surface area contributed by atoms with Gasteiger partial charge in [-0.05, 0) is 37.3 Å². The standard InChI is InChI=1S/C17H22FNO4/c18-14-5-1-2-6-15(14)23-11-9-16(20)19-10-3-4-13(12-19)7-8-17(21)22/h1-2,5-6,13H,3-4,7-12H2,(H,21,22)/t13-/m1/s1. The van der Waals surface area contributed by atoms with Gasteiger partial charge in [0, 0.05) is 19.5 Å². The Hall–Kier alpha value is -2.11. The number of hydrogen-bond donors (Lipinski definition) is 1. The third-order valence-electron chi connectivity index (χ3n) is 4.05. The summed E-state index contributed by atoms with van der Waals surface area (Å²) in [5, 5.41) is 8.74. The molecule has 0 bridgehead atoms. The summed E-state index contributed by atoms with van der Waals surface area (Å²) in [4.78, 5) is 24.6. The van der Waals surface area contributed by atoms with Crippen LogP contribution in [-0.4, -0.2) is 41.6 Å². The van der Waals surface area contributed by atoms with Crippen LogP contribution in [0.25, 0.3) is 0 Å². The average Bonchev–Trinajstić information content (AvgIpc) is 2.55. The minimum atomic E-state index is -0.799. The highest BCUT2D eigenvalue weighted by Gasteiger charge is 2.23. The van der Waals surface area contributed by atoms with Crippen molar-refractivity contribution in [3.8, 4) is 5.75 Å². The lowest BCUT2D eigenvalue weighted by Crippen LogP contribution is -2.40. The lowest BCUT2D eigenvalue weighted by atomic mass is 9.93.